The second-order valence-corrected chi connectivity index (χ2v) is 11.3. The van der Waals surface area contributed by atoms with Gasteiger partial charge >= 0.3 is 6.18 Å². The summed E-state index contributed by atoms with van der Waals surface area (Å²) >= 11 is 0. The van der Waals surface area contributed by atoms with Crippen molar-refractivity contribution in [2.75, 3.05) is 38.3 Å². The van der Waals surface area contributed by atoms with Crippen LogP contribution in [0.4, 0.5) is 23.4 Å². The Labute approximate surface area is 214 Å². The van der Waals surface area contributed by atoms with E-state index < -0.39 is 35.4 Å². The number of aromatic nitrogens is 1. The number of carbonyl (C=O) groups is 1. The van der Waals surface area contributed by atoms with Crippen molar-refractivity contribution in [2.24, 2.45) is 11.3 Å². The van der Waals surface area contributed by atoms with Gasteiger partial charge in [-0.25, -0.2) is 9.37 Å². The molecule has 7 atom stereocenters. The van der Waals surface area contributed by atoms with E-state index in [2.05, 4.69) is 10.3 Å². The van der Waals surface area contributed by atoms with Gasteiger partial charge in [0.15, 0.2) is 0 Å². The third-order valence-electron chi connectivity index (χ3n) is 9.07. The number of alkyl halides is 4. The summed E-state index contributed by atoms with van der Waals surface area (Å²) in [6, 6.07) is 0.796. The van der Waals surface area contributed by atoms with Crippen LogP contribution in [0.5, 0.6) is 0 Å². The molecule has 4 heterocycles. The van der Waals surface area contributed by atoms with Gasteiger partial charge < -0.3 is 24.6 Å². The van der Waals surface area contributed by atoms with Gasteiger partial charge in [-0.15, -0.1) is 0 Å². The Morgan fingerprint density at radius 1 is 1.27 bits per heavy atom. The Hall–Kier alpha value is -1.98. The van der Waals surface area contributed by atoms with Crippen molar-refractivity contribution >= 4 is 11.7 Å². The number of ether oxygens (including phenoxy) is 2. The molecule has 0 radical (unpaired) electrons. The van der Waals surface area contributed by atoms with E-state index in [9.17, 15) is 18.0 Å². The quantitative estimate of drug-likeness (QED) is 0.571. The minimum atomic E-state index is -4.50. The average Bonchev–Trinajstić information content (AvgIpc) is 3.55. The number of nitrogens with zero attached hydrogens (tertiary/aromatic N) is 3. The molecule has 0 spiro atoms. The van der Waals surface area contributed by atoms with Crippen molar-refractivity contribution in [1.29, 1.82) is 0 Å². The second-order valence-electron chi connectivity index (χ2n) is 11.3. The highest BCUT2D eigenvalue weighted by Gasteiger charge is 2.59. The Kier molecular flexibility index (Phi) is 7.17. The molecule has 1 aliphatic carbocycles. The first-order valence-corrected chi connectivity index (χ1v) is 13.2. The summed E-state index contributed by atoms with van der Waals surface area (Å²) in [6.07, 6.45) is -1.69. The summed E-state index contributed by atoms with van der Waals surface area (Å²) in [5.41, 5.74) is -1.42. The van der Waals surface area contributed by atoms with E-state index in [1.165, 1.54) is 0 Å². The predicted octanol–water partition coefficient (Wildman–Crippen LogP) is 3.43. The summed E-state index contributed by atoms with van der Waals surface area (Å²) in [6.45, 7) is 5.60. The highest BCUT2D eigenvalue weighted by atomic mass is 19.4. The van der Waals surface area contributed by atoms with Crippen LogP contribution in [0.1, 0.15) is 45.1 Å². The number of piperazine rings is 1. The zero-order valence-electron chi connectivity index (χ0n) is 21.5. The van der Waals surface area contributed by atoms with Gasteiger partial charge in [-0.3, -0.25) is 4.79 Å². The van der Waals surface area contributed by atoms with E-state index in [-0.39, 0.29) is 48.9 Å². The molecule has 4 aliphatic rings. The number of methoxy groups -OCH3 is 1. The number of hydrogen-bond donors (Lipinski definition) is 1. The predicted molar refractivity (Wildman–Crippen MR) is 129 cm³/mol. The van der Waals surface area contributed by atoms with Crippen LogP contribution in [-0.4, -0.2) is 85.6 Å². The Bertz CT molecular complexity index is 995. The highest BCUT2D eigenvalue weighted by Crippen LogP contribution is 2.49. The van der Waals surface area contributed by atoms with Crippen molar-refractivity contribution in [3.63, 3.8) is 0 Å². The van der Waals surface area contributed by atoms with Crippen LogP contribution in [-0.2, 0) is 20.4 Å². The number of anilines is 1. The molecule has 2 bridgehead atoms. The van der Waals surface area contributed by atoms with Crippen LogP contribution in [0, 0.1) is 11.3 Å². The maximum Gasteiger partial charge on any atom is 0.416 e. The monoisotopic (exact) mass is 528 g/mol. The third-order valence-corrected chi connectivity index (χ3v) is 9.07. The van der Waals surface area contributed by atoms with E-state index in [1.807, 2.05) is 13.8 Å². The number of likely N-dealkylation sites (tertiary alicyclic amines) is 1. The molecule has 1 N–H and O–H groups in total. The fourth-order valence-corrected chi connectivity index (χ4v) is 6.83. The van der Waals surface area contributed by atoms with Gasteiger partial charge in [0, 0.05) is 45.1 Å². The average molecular weight is 529 g/mol. The number of nitrogens with one attached hydrogen (secondary N) is 1. The van der Waals surface area contributed by atoms with Gasteiger partial charge in [-0.05, 0) is 43.7 Å². The molecule has 37 heavy (non-hydrogen) atoms. The lowest BCUT2D eigenvalue weighted by Gasteiger charge is -2.41. The first-order valence-electron chi connectivity index (χ1n) is 13.2. The highest BCUT2D eigenvalue weighted by molar-refractivity contribution is 5.85. The molecule has 1 saturated carbocycles. The van der Waals surface area contributed by atoms with Crippen molar-refractivity contribution in [3.8, 4) is 0 Å². The summed E-state index contributed by atoms with van der Waals surface area (Å²) in [5.74, 6) is 0.136. The number of halogens is 4. The molecule has 3 aliphatic heterocycles. The van der Waals surface area contributed by atoms with E-state index in [4.69, 9.17) is 9.47 Å². The molecule has 5 rings (SSSR count). The molecule has 1 amide bonds. The van der Waals surface area contributed by atoms with E-state index >= 15 is 4.39 Å². The van der Waals surface area contributed by atoms with Crippen molar-refractivity contribution < 1.29 is 31.8 Å². The summed E-state index contributed by atoms with van der Waals surface area (Å²) < 4.78 is 66.1. The number of amides is 1. The van der Waals surface area contributed by atoms with Crippen LogP contribution >= 0.6 is 0 Å². The van der Waals surface area contributed by atoms with Crippen molar-refractivity contribution in [3.05, 3.63) is 23.9 Å². The largest absolute Gasteiger partial charge is 0.416 e. The topological polar surface area (TPSA) is 66.9 Å². The number of rotatable bonds is 6. The smallest absolute Gasteiger partial charge is 0.379 e. The fraction of sp³-hybridized carbons (Fsp3) is 0.769. The lowest BCUT2D eigenvalue weighted by molar-refractivity contribution is -0.146. The second kappa shape index (κ2) is 9.96. The van der Waals surface area contributed by atoms with Gasteiger partial charge in [0.25, 0.3) is 0 Å². The van der Waals surface area contributed by atoms with Crippen LogP contribution in [0.15, 0.2) is 18.3 Å². The summed E-state index contributed by atoms with van der Waals surface area (Å²) in [7, 11) is 1.68. The summed E-state index contributed by atoms with van der Waals surface area (Å²) in [4.78, 5) is 21.4. The summed E-state index contributed by atoms with van der Waals surface area (Å²) in [5, 5.41) is 3.70. The molecule has 0 aromatic carbocycles. The molecule has 0 unspecified atom stereocenters. The molecule has 4 fully saturated rings. The molecule has 206 valence electrons. The standard InChI is InChI=1S/C26H36F4N4O3/c1-15(2)25(7-4-17(11-25)32-18-6-9-37-14-21(18)36-3)24(35)34-13-19-23(27)20(34)12-33(19)22-10-16(5-8-31-22)26(28,29)30/h5,8,10,15,17-21,23,32H,4,6-7,9,11-14H2,1-3H3/t17-,18+,19-,20-,21-,23-,25+/m1/s1. The van der Waals surface area contributed by atoms with E-state index in [0.717, 1.165) is 31.2 Å². The molecule has 7 nitrogen and oxygen atoms in total. The van der Waals surface area contributed by atoms with Gasteiger partial charge in [0.05, 0.1) is 35.8 Å². The number of carbonyl (C=O) groups excluding carboxylic acids is 1. The number of hydrogen-bond acceptors (Lipinski definition) is 6. The SMILES string of the molecule is CO[C@@H]1COCC[C@@H]1N[C@@H]1CC[C@@](C(=O)N2C[C@@H]3[C@@H](F)[C@H]2CN3c2cc(C(F)(F)F)ccn2)(C(C)C)C1. The maximum atomic E-state index is 15.4. The molecular formula is C26H36F4N4O3. The van der Waals surface area contributed by atoms with Crippen LogP contribution in [0.3, 0.4) is 0 Å². The van der Waals surface area contributed by atoms with Gasteiger partial charge in [-0.1, -0.05) is 13.8 Å². The normalized spacial score (nSPS) is 36.1. The Morgan fingerprint density at radius 3 is 2.70 bits per heavy atom. The van der Waals surface area contributed by atoms with Gasteiger partial charge in [-0.2, -0.15) is 13.2 Å². The minimum Gasteiger partial charge on any atom is -0.379 e. The molecule has 11 heteroatoms. The molecule has 1 aromatic heterocycles. The molecule has 1 aromatic rings. The first-order chi connectivity index (χ1) is 17.5. The van der Waals surface area contributed by atoms with Crippen LogP contribution in [0.25, 0.3) is 0 Å². The lowest BCUT2D eigenvalue weighted by Crippen LogP contribution is -2.55. The fourth-order valence-electron chi connectivity index (χ4n) is 6.83. The van der Waals surface area contributed by atoms with E-state index in [0.29, 0.717) is 26.1 Å². The Morgan fingerprint density at radius 2 is 2.05 bits per heavy atom. The third kappa shape index (κ3) is 4.71. The maximum absolute atomic E-state index is 15.4. The lowest BCUT2D eigenvalue weighted by atomic mass is 9.74. The Balaban J connectivity index is 1.29. The van der Waals surface area contributed by atoms with Crippen LogP contribution < -0.4 is 10.2 Å². The zero-order chi connectivity index (χ0) is 26.5. The number of fused-ring (bicyclic) bond motifs is 2. The minimum absolute atomic E-state index is 0.0319. The van der Waals surface area contributed by atoms with Gasteiger partial charge in [0.1, 0.15) is 12.0 Å². The van der Waals surface area contributed by atoms with Gasteiger partial charge in [0.2, 0.25) is 5.91 Å². The van der Waals surface area contributed by atoms with E-state index in [1.54, 1.807) is 16.9 Å². The molecular weight excluding hydrogens is 492 g/mol. The van der Waals surface area contributed by atoms with Crippen molar-refractivity contribution in [1.82, 2.24) is 15.2 Å². The van der Waals surface area contributed by atoms with Crippen LogP contribution in [0.2, 0.25) is 0 Å². The van der Waals surface area contributed by atoms with Crippen molar-refractivity contribution in [2.45, 2.75) is 82.2 Å². The zero-order valence-corrected chi connectivity index (χ0v) is 21.5. The first kappa shape index (κ1) is 26.6. The number of pyridine rings is 1. The molecule has 3 saturated heterocycles.